The standard InChI is InChI=1S/C15H20O3/c1-10-11(2)13(17-3)7-6-12(10)15(8-5-9-15)14(16)18-4/h6-7H,5,8-9H2,1-4H3. The van der Waals surface area contributed by atoms with Crippen molar-refractivity contribution in [3.8, 4) is 5.75 Å². The maximum Gasteiger partial charge on any atom is 0.316 e. The number of hydrogen-bond acceptors (Lipinski definition) is 3. The zero-order valence-electron chi connectivity index (χ0n) is 11.5. The third-order valence-electron chi connectivity index (χ3n) is 4.26. The number of carbonyl (C=O) groups is 1. The van der Waals surface area contributed by atoms with Crippen LogP contribution in [-0.2, 0) is 14.9 Å². The van der Waals surface area contributed by atoms with Crippen LogP contribution in [0.3, 0.4) is 0 Å². The van der Waals surface area contributed by atoms with Crippen molar-refractivity contribution in [3.05, 3.63) is 28.8 Å². The minimum Gasteiger partial charge on any atom is -0.496 e. The number of rotatable bonds is 3. The van der Waals surface area contributed by atoms with Crippen molar-refractivity contribution in [2.24, 2.45) is 0 Å². The van der Waals surface area contributed by atoms with E-state index in [1.807, 2.05) is 19.1 Å². The first-order valence-corrected chi connectivity index (χ1v) is 6.30. The van der Waals surface area contributed by atoms with E-state index in [1.165, 1.54) is 7.11 Å². The Morgan fingerprint density at radius 3 is 2.28 bits per heavy atom. The van der Waals surface area contributed by atoms with E-state index in [4.69, 9.17) is 9.47 Å². The van der Waals surface area contributed by atoms with Crippen LogP contribution in [0.1, 0.15) is 36.0 Å². The Morgan fingerprint density at radius 1 is 1.17 bits per heavy atom. The van der Waals surface area contributed by atoms with E-state index in [9.17, 15) is 4.79 Å². The second-order valence-electron chi connectivity index (χ2n) is 4.99. The molecule has 1 aromatic carbocycles. The fourth-order valence-electron chi connectivity index (χ4n) is 2.84. The number of benzene rings is 1. The van der Waals surface area contributed by atoms with E-state index in [0.717, 1.165) is 41.7 Å². The zero-order valence-corrected chi connectivity index (χ0v) is 11.5. The summed E-state index contributed by atoms with van der Waals surface area (Å²) in [7, 11) is 3.13. The fourth-order valence-corrected chi connectivity index (χ4v) is 2.84. The van der Waals surface area contributed by atoms with Gasteiger partial charge in [-0.25, -0.2) is 0 Å². The Balaban J connectivity index is 2.51. The molecule has 98 valence electrons. The Bertz CT molecular complexity index is 473. The predicted molar refractivity (Wildman–Crippen MR) is 70.0 cm³/mol. The molecule has 3 nitrogen and oxygen atoms in total. The van der Waals surface area contributed by atoms with Crippen molar-refractivity contribution in [1.29, 1.82) is 0 Å². The molecule has 18 heavy (non-hydrogen) atoms. The molecule has 0 N–H and O–H groups in total. The lowest BCUT2D eigenvalue weighted by atomic mass is 9.63. The highest BCUT2D eigenvalue weighted by molar-refractivity contribution is 5.85. The molecule has 1 aromatic rings. The summed E-state index contributed by atoms with van der Waals surface area (Å²) in [4.78, 5) is 12.1. The zero-order chi connectivity index (χ0) is 13.3. The SMILES string of the molecule is COC(=O)C1(c2ccc(OC)c(C)c2C)CCC1. The van der Waals surface area contributed by atoms with Gasteiger partial charge in [-0.1, -0.05) is 12.5 Å². The maximum atomic E-state index is 12.1. The summed E-state index contributed by atoms with van der Waals surface area (Å²) >= 11 is 0. The summed E-state index contributed by atoms with van der Waals surface area (Å²) in [5.74, 6) is 0.761. The van der Waals surface area contributed by atoms with Gasteiger partial charge in [0.25, 0.3) is 0 Å². The number of ether oxygens (including phenoxy) is 2. The van der Waals surface area contributed by atoms with Gasteiger partial charge in [0.1, 0.15) is 5.75 Å². The van der Waals surface area contributed by atoms with Crippen LogP contribution in [0, 0.1) is 13.8 Å². The van der Waals surface area contributed by atoms with Gasteiger partial charge in [-0.15, -0.1) is 0 Å². The molecule has 0 spiro atoms. The molecule has 0 radical (unpaired) electrons. The molecule has 0 saturated heterocycles. The second-order valence-corrected chi connectivity index (χ2v) is 4.99. The van der Waals surface area contributed by atoms with Gasteiger partial charge in [-0.05, 0) is 49.4 Å². The van der Waals surface area contributed by atoms with E-state index in [-0.39, 0.29) is 5.97 Å². The van der Waals surface area contributed by atoms with Crippen molar-refractivity contribution in [2.75, 3.05) is 14.2 Å². The molecule has 0 heterocycles. The molecule has 0 aliphatic heterocycles. The van der Waals surface area contributed by atoms with Gasteiger partial charge in [0.15, 0.2) is 0 Å². The number of esters is 1. The minimum atomic E-state index is -0.421. The largest absolute Gasteiger partial charge is 0.496 e. The summed E-state index contributed by atoms with van der Waals surface area (Å²) in [6.45, 7) is 4.08. The van der Waals surface area contributed by atoms with E-state index in [0.29, 0.717) is 0 Å². The first-order valence-electron chi connectivity index (χ1n) is 6.30. The van der Waals surface area contributed by atoms with Crippen LogP contribution in [-0.4, -0.2) is 20.2 Å². The maximum absolute atomic E-state index is 12.1. The van der Waals surface area contributed by atoms with Gasteiger partial charge in [0.2, 0.25) is 0 Å². The van der Waals surface area contributed by atoms with Crippen molar-refractivity contribution in [1.82, 2.24) is 0 Å². The summed E-state index contributed by atoms with van der Waals surface area (Å²) in [5.41, 5.74) is 2.92. The Kier molecular flexibility index (Phi) is 3.33. The van der Waals surface area contributed by atoms with Crippen LogP contribution < -0.4 is 4.74 Å². The Morgan fingerprint density at radius 2 is 1.83 bits per heavy atom. The van der Waals surface area contributed by atoms with Crippen LogP contribution in [0.15, 0.2) is 12.1 Å². The van der Waals surface area contributed by atoms with Gasteiger partial charge < -0.3 is 9.47 Å². The van der Waals surface area contributed by atoms with E-state index in [1.54, 1.807) is 7.11 Å². The average Bonchev–Trinajstić information content (AvgIpc) is 2.33. The summed E-state index contributed by atoms with van der Waals surface area (Å²) in [6.07, 6.45) is 2.85. The molecule has 0 bridgehead atoms. The molecule has 1 aliphatic carbocycles. The van der Waals surface area contributed by atoms with Crippen LogP contribution >= 0.6 is 0 Å². The van der Waals surface area contributed by atoms with Crippen LogP contribution in [0.2, 0.25) is 0 Å². The van der Waals surface area contributed by atoms with Crippen LogP contribution in [0.4, 0.5) is 0 Å². The molecule has 0 amide bonds. The molecular formula is C15H20O3. The Hall–Kier alpha value is -1.51. The van der Waals surface area contributed by atoms with Gasteiger partial charge in [-0.2, -0.15) is 0 Å². The quantitative estimate of drug-likeness (QED) is 0.771. The molecule has 0 aromatic heterocycles. The Labute approximate surface area is 108 Å². The van der Waals surface area contributed by atoms with Crippen LogP contribution in [0.5, 0.6) is 5.75 Å². The van der Waals surface area contributed by atoms with Crippen molar-refractivity contribution < 1.29 is 14.3 Å². The highest BCUT2D eigenvalue weighted by Crippen LogP contribution is 2.47. The highest BCUT2D eigenvalue weighted by Gasteiger charge is 2.47. The minimum absolute atomic E-state index is 0.110. The lowest BCUT2D eigenvalue weighted by molar-refractivity contribution is -0.151. The lowest BCUT2D eigenvalue weighted by Crippen LogP contribution is -2.43. The van der Waals surface area contributed by atoms with Crippen molar-refractivity contribution in [3.63, 3.8) is 0 Å². The molecule has 3 heteroatoms. The lowest BCUT2D eigenvalue weighted by Gasteiger charge is -2.40. The van der Waals surface area contributed by atoms with E-state index >= 15 is 0 Å². The summed E-state index contributed by atoms with van der Waals surface area (Å²) < 4.78 is 10.3. The van der Waals surface area contributed by atoms with Gasteiger partial charge >= 0.3 is 5.97 Å². The van der Waals surface area contributed by atoms with Gasteiger partial charge in [0, 0.05) is 0 Å². The number of methoxy groups -OCH3 is 2. The summed E-state index contributed by atoms with van der Waals surface area (Å²) in [6, 6.07) is 3.96. The van der Waals surface area contributed by atoms with E-state index in [2.05, 4.69) is 6.92 Å². The molecule has 1 saturated carbocycles. The van der Waals surface area contributed by atoms with Crippen molar-refractivity contribution in [2.45, 2.75) is 38.5 Å². The average molecular weight is 248 g/mol. The first-order chi connectivity index (χ1) is 8.56. The molecule has 1 aliphatic rings. The molecular weight excluding hydrogens is 228 g/mol. The molecule has 0 atom stereocenters. The third kappa shape index (κ3) is 1.69. The first kappa shape index (κ1) is 12.9. The third-order valence-corrected chi connectivity index (χ3v) is 4.26. The molecule has 2 rings (SSSR count). The van der Waals surface area contributed by atoms with Crippen LogP contribution in [0.25, 0.3) is 0 Å². The normalized spacial score (nSPS) is 16.9. The predicted octanol–water partition coefficient (Wildman–Crippen LogP) is 2.91. The monoisotopic (exact) mass is 248 g/mol. The molecule has 0 unspecified atom stereocenters. The second kappa shape index (κ2) is 4.63. The van der Waals surface area contributed by atoms with Gasteiger partial charge in [-0.3, -0.25) is 4.79 Å². The smallest absolute Gasteiger partial charge is 0.316 e. The number of carbonyl (C=O) groups excluding carboxylic acids is 1. The fraction of sp³-hybridized carbons (Fsp3) is 0.533. The highest BCUT2D eigenvalue weighted by atomic mass is 16.5. The van der Waals surface area contributed by atoms with Crippen molar-refractivity contribution >= 4 is 5.97 Å². The summed E-state index contributed by atoms with van der Waals surface area (Å²) in [5, 5.41) is 0. The molecule has 1 fully saturated rings. The number of hydrogen-bond donors (Lipinski definition) is 0. The van der Waals surface area contributed by atoms with Gasteiger partial charge in [0.05, 0.1) is 19.6 Å². The topological polar surface area (TPSA) is 35.5 Å². The van der Waals surface area contributed by atoms with E-state index < -0.39 is 5.41 Å².